The van der Waals surface area contributed by atoms with Gasteiger partial charge in [-0.1, -0.05) is 18.2 Å². The van der Waals surface area contributed by atoms with E-state index in [1.54, 1.807) is 24.2 Å². The van der Waals surface area contributed by atoms with E-state index in [-0.39, 0.29) is 5.91 Å². The highest BCUT2D eigenvalue weighted by atomic mass is 32.1. The Kier molecular flexibility index (Phi) is 3.70. The topological polar surface area (TPSA) is 60.1 Å². The first-order chi connectivity index (χ1) is 10.2. The first-order valence-corrected chi connectivity index (χ1v) is 7.23. The molecule has 0 aliphatic heterocycles. The highest BCUT2D eigenvalue weighted by Gasteiger charge is 2.20. The van der Waals surface area contributed by atoms with Gasteiger partial charge in [0.25, 0.3) is 5.91 Å². The van der Waals surface area contributed by atoms with E-state index in [9.17, 15) is 4.79 Å². The summed E-state index contributed by atoms with van der Waals surface area (Å²) in [5.41, 5.74) is 2.76. The molecule has 108 valence electrons. The number of hydrogen-bond acceptors (Lipinski definition) is 4. The van der Waals surface area contributed by atoms with Crippen molar-refractivity contribution in [3.05, 3.63) is 42.3 Å². The van der Waals surface area contributed by atoms with Crippen LogP contribution in [0.25, 0.3) is 22.2 Å². The number of nitrogens with one attached hydrogen (secondary N) is 1. The molecule has 3 aromatic rings. The van der Waals surface area contributed by atoms with Crippen molar-refractivity contribution in [2.75, 3.05) is 12.3 Å². The van der Waals surface area contributed by atoms with Crippen LogP contribution in [0.3, 0.4) is 0 Å². The van der Waals surface area contributed by atoms with Crippen molar-refractivity contribution < 1.29 is 9.21 Å². The van der Waals surface area contributed by atoms with Gasteiger partial charge in [0.15, 0.2) is 0 Å². The van der Waals surface area contributed by atoms with Crippen LogP contribution < -0.4 is 5.32 Å². The molecule has 0 aliphatic carbocycles. The Morgan fingerprint density at radius 1 is 1.43 bits per heavy atom. The number of para-hydroxylation sites is 1. The standard InChI is InChI=1S/C15H15N3O2S/c1-18-8-11(15(19)16-6-7-21)14(17-18)12-9-20-13-5-3-2-4-10(12)13/h2-5,8-9,21H,6-7H2,1H3,(H,16,19). The number of carbonyl (C=O) groups is 1. The SMILES string of the molecule is Cn1cc(C(=O)NCCS)c(-c2coc3ccccc23)n1. The van der Waals surface area contributed by atoms with Gasteiger partial charge in [0.05, 0.1) is 5.56 Å². The maximum Gasteiger partial charge on any atom is 0.255 e. The van der Waals surface area contributed by atoms with Crippen molar-refractivity contribution in [3.8, 4) is 11.3 Å². The molecule has 2 heterocycles. The van der Waals surface area contributed by atoms with Crippen LogP contribution >= 0.6 is 12.6 Å². The number of aromatic nitrogens is 2. The third-order valence-corrected chi connectivity index (χ3v) is 3.43. The summed E-state index contributed by atoms with van der Waals surface area (Å²) in [6.45, 7) is 0.516. The first-order valence-electron chi connectivity index (χ1n) is 6.60. The molecule has 1 N–H and O–H groups in total. The van der Waals surface area contributed by atoms with E-state index in [1.165, 1.54) is 0 Å². The quantitative estimate of drug-likeness (QED) is 0.728. The van der Waals surface area contributed by atoms with Crippen molar-refractivity contribution in [2.24, 2.45) is 7.05 Å². The van der Waals surface area contributed by atoms with Crippen molar-refractivity contribution >= 4 is 29.5 Å². The van der Waals surface area contributed by atoms with Crippen molar-refractivity contribution in [2.45, 2.75) is 0 Å². The summed E-state index contributed by atoms with van der Waals surface area (Å²) >= 11 is 4.10. The fourth-order valence-electron chi connectivity index (χ4n) is 2.28. The van der Waals surface area contributed by atoms with Crippen LogP contribution in [0.15, 0.2) is 41.1 Å². The Hall–Kier alpha value is -2.21. The van der Waals surface area contributed by atoms with E-state index < -0.39 is 0 Å². The van der Waals surface area contributed by atoms with Gasteiger partial charge < -0.3 is 9.73 Å². The lowest BCUT2D eigenvalue weighted by Gasteiger charge is -2.02. The minimum atomic E-state index is -0.155. The minimum Gasteiger partial charge on any atom is -0.464 e. The van der Waals surface area contributed by atoms with Gasteiger partial charge in [0.2, 0.25) is 0 Å². The second-order valence-electron chi connectivity index (χ2n) is 4.69. The number of furan rings is 1. The number of hydrogen-bond donors (Lipinski definition) is 2. The van der Waals surface area contributed by atoms with Crippen LogP contribution in [-0.2, 0) is 7.05 Å². The van der Waals surface area contributed by atoms with Crippen molar-refractivity contribution in [3.63, 3.8) is 0 Å². The lowest BCUT2D eigenvalue weighted by molar-refractivity contribution is 0.0957. The number of fused-ring (bicyclic) bond motifs is 1. The fraction of sp³-hybridized carbons (Fsp3) is 0.200. The Bertz CT molecular complexity index is 791. The minimum absolute atomic E-state index is 0.155. The predicted molar refractivity (Wildman–Crippen MR) is 84.6 cm³/mol. The summed E-state index contributed by atoms with van der Waals surface area (Å²) in [7, 11) is 1.79. The van der Waals surface area contributed by atoms with Crippen LogP contribution in [0.2, 0.25) is 0 Å². The molecule has 0 radical (unpaired) electrons. The zero-order chi connectivity index (χ0) is 14.8. The average molecular weight is 301 g/mol. The van der Waals surface area contributed by atoms with E-state index in [4.69, 9.17) is 4.42 Å². The lowest BCUT2D eigenvalue weighted by Crippen LogP contribution is -2.25. The summed E-state index contributed by atoms with van der Waals surface area (Å²) in [6, 6.07) is 7.69. The maximum absolute atomic E-state index is 12.2. The van der Waals surface area contributed by atoms with Gasteiger partial charge in [-0.3, -0.25) is 9.48 Å². The second kappa shape index (κ2) is 5.65. The number of aryl methyl sites for hydroxylation is 1. The maximum atomic E-state index is 12.2. The van der Waals surface area contributed by atoms with Crippen LogP contribution in [0.5, 0.6) is 0 Å². The molecule has 0 fully saturated rings. The van der Waals surface area contributed by atoms with Gasteiger partial charge >= 0.3 is 0 Å². The van der Waals surface area contributed by atoms with Gasteiger partial charge in [0.1, 0.15) is 17.5 Å². The van der Waals surface area contributed by atoms with Crippen molar-refractivity contribution in [1.29, 1.82) is 0 Å². The molecule has 1 aromatic carbocycles. The molecular formula is C15H15N3O2S. The predicted octanol–water partition coefficient (Wildman–Crippen LogP) is 2.49. The molecular weight excluding hydrogens is 286 g/mol. The Balaban J connectivity index is 2.08. The number of rotatable bonds is 4. The van der Waals surface area contributed by atoms with E-state index in [2.05, 4.69) is 23.0 Å². The zero-order valence-corrected chi connectivity index (χ0v) is 12.4. The summed E-state index contributed by atoms with van der Waals surface area (Å²) in [5, 5.41) is 8.17. The normalized spacial score (nSPS) is 11.0. The molecule has 0 aliphatic rings. The molecule has 2 aromatic heterocycles. The molecule has 6 heteroatoms. The van der Waals surface area contributed by atoms with Crippen LogP contribution in [-0.4, -0.2) is 28.0 Å². The molecule has 0 saturated carbocycles. The van der Waals surface area contributed by atoms with Crippen LogP contribution in [0, 0.1) is 0 Å². The summed E-state index contributed by atoms with van der Waals surface area (Å²) in [6.07, 6.45) is 3.35. The molecule has 0 unspecified atom stereocenters. The largest absolute Gasteiger partial charge is 0.464 e. The summed E-state index contributed by atoms with van der Waals surface area (Å²) < 4.78 is 7.17. The van der Waals surface area contributed by atoms with Crippen molar-refractivity contribution in [1.82, 2.24) is 15.1 Å². The Morgan fingerprint density at radius 3 is 3.05 bits per heavy atom. The van der Waals surface area contributed by atoms with Gasteiger partial charge in [-0.2, -0.15) is 17.7 Å². The fourth-order valence-corrected chi connectivity index (χ4v) is 2.39. The van der Waals surface area contributed by atoms with Crippen LogP contribution in [0.1, 0.15) is 10.4 Å². The monoisotopic (exact) mass is 301 g/mol. The highest BCUT2D eigenvalue weighted by Crippen LogP contribution is 2.31. The Morgan fingerprint density at radius 2 is 2.24 bits per heavy atom. The van der Waals surface area contributed by atoms with Gasteiger partial charge in [-0.25, -0.2) is 0 Å². The number of carbonyl (C=O) groups excluding carboxylic acids is 1. The van der Waals surface area contributed by atoms with Crippen LogP contribution in [0.4, 0.5) is 0 Å². The number of nitrogens with zero attached hydrogens (tertiary/aromatic N) is 2. The smallest absolute Gasteiger partial charge is 0.255 e. The molecule has 0 saturated heterocycles. The number of thiol groups is 1. The lowest BCUT2D eigenvalue weighted by atomic mass is 10.1. The summed E-state index contributed by atoms with van der Waals surface area (Å²) in [4.78, 5) is 12.2. The first kappa shape index (κ1) is 13.8. The molecule has 21 heavy (non-hydrogen) atoms. The number of amides is 1. The molecule has 0 bridgehead atoms. The van der Waals surface area contributed by atoms with Gasteiger partial charge in [-0.05, 0) is 6.07 Å². The van der Waals surface area contributed by atoms with Gasteiger partial charge in [0, 0.05) is 36.5 Å². The molecule has 0 atom stereocenters. The molecule has 0 spiro atoms. The average Bonchev–Trinajstić information content (AvgIpc) is 3.07. The van der Waals surface area contributed by atoms with E-state index in [0.717, 1.165) is 16.5 Å². The molecule has 3 rings (SSSR count). The van der Waals surface area contributed by atoms with E-state index >= 15 is 0 Å². The van der Waals surface area contributed by atoms with Gasteiger partial charge in [-0.15, -0.1) is 0 Å². The third kappa shape index (κ3) is 2.54. The molecule has 5 nitrogen and oxygen atoms in total. The zero-order valence-electron chi connectivity index (χ0n) is 11.5. The van der Waals surface area contributed by atoms with E-state index in [0.29, 0.717) is 23.6 Å². The summed E-state index contributed by atoms with van der Waals surface area (Å²) in [5.74, 6) is 0.438. The Labute approximate surface area is 127 Å². The van der Waals surface area contributed by atoms with E-state index in [1.807, 2.05) is 24.3 Å². The third-order valence-electron chi connectivity index (χ3n) is 3.21. The number of benzene rings is 1. The highest BCUT2D eigenvalue weighted by molar-refractivity contribution is 7.80. The molecule has 1 amide bonds. The second-order valence-corrected chi connectivity index (χ2v) is 5.14.